The summed E-state index contributed by atoms with van der Waals surface area (Å²) in [6, 6.07) is 0. The molecule has 0 radical (unpaired) electrons. The molecule has 0 saturated carbocycles. The van der Waals surface area contributed by atoms with Crippen LogP contribution >= 0.6 is 0 Å². The Labute approximate surface area is 138 Å². The minimum atomic E-state index is -1.63. The summed E-state index contributed by atoms with van der Waals surface area (Å²) in [4.78, 5) is 0. The van der Waals surface area contributed by atoms with Crippen molar-refractivity contribution in [1.29, 1.82) is 0 Å². The number of rotatable bonds is 4. The van der Waals surface area contributed by atoms with Gasteiger partial charge in [-0.15, -0.1) is 0 Å². The molecule has 2 aliphatic rings. The Hall–Kier alpha value is 0.929. The van der Waals surface area contributed by atoms with Gasteiger partial charge in [-0.25, -0.2) is 0 Å². The van der Waals surface area contributed by atoms with E-state index in [0.717, 1.165) is 0 Å². The van der Waals surface area contributed by atoms with E-state index in [4.69, 9.17) is 0 Å². The van der Waals surface area contributed by atoms with Crippen LogP contribution in [0.1, 0.15) is 15.7 Å². The summed E-state index contributed by atoms with van der Waals surface area (Å²) in [7, 11) is 0. The maximum absolute atomic E-state index is 2.55. The van der Waals surface area contributed by atoms with Crippen molar-refractivity contribution in [2.45, 2.75) is 47.4 Å². The van der Waals surface area contributed by atoms with E-state index < -0.39 is 49.8 Å². The molecule has 3 heteroatoms. The van der Waals surface area contributed by atoms with Crippen molar-refractivity contribution in [1.82, 2.24) is 0 Å². The Kier molecular flexibility index (Phi) is 5.12. The Morgan fingerprint density at radius 1 is 0.789 bits per heavy atom. The van der Waals surface area contributed by atoms with Crippen molar-refractivity contribution in [3.8, 4) is 0 Å². The van der Waals surface area contributed by atoms with Crippen LogP contribution < -0.4 is 0 Å². The van der Waals surface area contributed by atoms with Gasteiger partial charge in [0.25, 0.3) is 0 Å². The molecule has 0 aromatic carbocycles. The first-order valence-corrected chi connectivity index (χ1v) is 24.4. The topological polar surface area (TPSA) is 0 Å². The molecule has 0 aromatic rings. The van der Waals surface area contributed by atoms with E-state index in [1.807, 2.05) is 15.4 Å². The Balaban J connectivity index is 0.00000200. The van der Waals surface area contributed by atoms with Crippen LogP contribution in [0.25, 0.3) is 0 Å². The summed E-state index contributed by atoms with van der Waals surface area (Å²) >= 11 is -3.74. The predicted molar refractivity (Wildman–Crippen MR) is 90.5 cm³/mol. The van der Waals surface area contributed by atoms with E-state index in [0.29, 0.717) is 0 Å². The third-order valence-electron chi connectivity index (χ3n) is 3.78. The molecule has 0 heterocycles. The molecule has 0 N–H and O–H groups in total. The first kappa shape index (κ1) is 16.3. The molecule has 0 saturated heterocycles. The van der Waals surface area contributed by atoms with Crippen LogP contribution in [-0.2, 0) is 23.2 Å². The van der Waals surface area contributed by atoms with Crippen molar-refractivity contribution in [2.24, 2.45) is 0 Å². The average Bonchev–Trinajstić information content (AvgIpc) is 2.83. The van der Waals surface area contributed by atoms with Gasteiger partial charge in [0, 0.05) is 0 Å². The van der Waals surface area contributed by atoms with E-state index in [-0.39, 0.29) is 2.85 Å². The molecule has 0 atom stereocenters. The fourth-order valence-electron chi connectivity index (χ4n) is 2.83. The van der Waals surface area contributed by atoms with E-state index in [2.05, 4.69) is 58.8 Å². The number of hydrogen-bond acceptors (Lipinski definition) is 0. The fourth-order valence-corrected chi connectivity index (χ4v) is 23.8. The largest absolute Gasteiger partial charge is 1.00 e. The molecule has 2 rings (SSSR count). The molecular weight excluding hydrogens is 429 g/mol. The second-order valence-electron chi connectivity index (χ2n) is 7.62. The maximum Gasteiger partial charge on any atom is -1.00 e. The monoisotopic (exact) mass is 458 g/mol. The maximum atomic E-state index is 2.55. The van der Waals surface area contributed by atoms with Crippen LogP contribution in [0.3, 0.4) is 0 Å². The van der Waals surface area contributed by atoms with Crippen molar-refractivity contribution in [3.05, 3.63) is 39.7 Å². The van der Waals surface area contributed by atoms with Crippen molar-refractivity contribution >= 4 is 26.5 Å². The van der Waals surface area contributed by atoms with Crippen molar-refractivity contribution in [3.63, 3.8) is 0 Å². The van der Waals surface area contributed by atoms with E-state index in [1.165, 1.54) is 12.8 Å². The third-order valence-corrected chi connectivity index (χ3v) is 18.9. The zero-order chi connectivity index (χ0) is 14.3. The van der Waals surface area contributed by atoms with Crippen LogP contribution in [0.15, 0.2) is 39.7 Å². The summed E-state index contributed by atoms with van der Waals surface area (Å²) in [5.41, 5.74) is 0. The van der Waals surface area contributed by atoms with Gasteiger partial charge in [-0.05, 0) is 0 Å². The molecule has 0 spiro atoms. The van der Waals surface area contributed by atoms with Crippen molar-refractivity contribution in [2.75, 3.05) is 0 Å². The van der Waals surface area contributed by atoms with Crippen LogP contribution in [0.4, 0.5) is 0 Å². The van der Waals surface area contributed by atoms with Gasteiger partial charge in [0.1, 0.15) is 0 Å². The molecule has 106 valence electrons. The minimum Gasteiger partial charge on any atom is -1.00 e. The fraction of sp³-hybridized carbons (Fsp3) is 0.500. The smallest absolute Gasteiger partial charge is 1.00 e. The van der Waals surface area contributed by atoms with Crippen LogP contribution in [0.2, 0.25) is 34.5 Å². The molecule has 19 heavy (non-hydrogen) atoms. The van der Waals surface area contributed by atoms with Gasteiger partial charge in [0.05, 0.1) is 0 Å². The molecular formula is C16H28Ge2Zr-2. The van der Waals surface area contributed by atoms with Crippen LogP contribution in [-0.4, -0.2) is 26.5 Å². The molecule has 0 aromatic heterocycles. The summed E-state index contributed by atoms with van der Waals surface area (Å²) in [6.45, 7) is 0. The quantitative estimate of drug-likeness (QED) is 0.492. The molecule has 2 aliphatic carbocycles. The van der Waals surface area contributed by atoms with E-state index in [1.54, 1.807) is 0 Å². The Bertz CT molecular complexity index is 457. The molecule has 0 nitrogen and oxygen atoms in total. The molecule has 0 aliphatic heterocycles. The summed E-state index contributed by atoms with van der Waals surface area (Å²) < 4.78 is 7.51. The van der Waals surface area contributed by atoms with E-state index in [9.17, 15) is 0 Å². The van der Waals surface area contributed by atoms with Crippen LogP contribution in [0, 0.1) is 0 Å². The summed E-state index contributed by atoms with van der Waals surface area (Å²) in [5.74, 6) is 15.3. The normalized spacial score (nSPS) is 19.9. The predicted octanol–water partition coefficient (Wildman–Crippen LogP) is 5.48. The first-order chi connectivity index (χ1) is 8.69. The zero-order valence-electron chi connectivity index (χ0n) is 15.2. The Morgan fingerprint density at radius 3 is 1.47 bits per heavy atom. The van der Waals surface area contributed by atoms with Gasteiger partial charge in [-0.2, -0.15) is 0 Å². The first-order valence-electron chi connectivity index (χ1n) is 7.27. The molecule has 0 amide bonds. The summed E-state index contributed by atoms with van der Waals surface area (Å²) in [6.07, 6.45) is 12.4. The standard InChI is InChI=1S/2C8H13Ge.Zr.2H/c2*1-9(2,3)8-6-4-5-7-8;;;/h2*4,6H,5H2,1-3H3;;;/q;;;2*-1. The van der Waals surface area contributed by atoms with Gasteiger partial charge >= 0.3 is 137 Å². The molecule has 0 unspecified atom stereocenters. The van der Waals surface area contributed by atoms with E-state index >= 15 is 0 Å². The van der Waals surface area contributed by atoms with Gasteiger partial charge < -0.3 is 2.85 Å². The third kappa shape index (κ3) is 3.98. The summed E-state index contributed by atoms with van der Waals surface area (Å²) in [5, 5.41) is 0. The zero-order valence-corrected chi connectivity index (χ0v) is 19.9. The number of allylic oxidation sites excluding steroid dienone is 8. The second kappa shape index (κ2) is 5.97. The van der Waals surface area contributed by atoms with Gasteiger partial charge in [0.2, 0.25) is 0 Å². The SMILES string of the molecule is [CH3][Ge]([CH3])([CH3])[C]1=[C]([Zr][C]2=[C]([Ge]([CH3])([CH3])[CH3])C=CC2)CC=C1.[H-].[H-]. The van der Waals surface area contributed by atoms with Gasteiger partial charge in [0.15, 0.2) is 0 Å². The average molecular weight is 457 g/mol. The van der Waals surface area contributed by atoms with Crippen LogP contribution in [0.5, 0.6) is 0 Å². The van der Waals surface area contributed by atoms with Gasteiger partial charge in [-0.3, -0.25) is 0 Å². The molecule has 0 fully saturated rings. The Morgan fingerprint density at radius 2 is 1.16 bits per heavy atom. The number of hydrogen-bond donors (Lipinski definition) is 0. The second-order valence-corrected chi connectivity index (χ2v) is 32.3. The van der Waals surface area contributed by atoms with Crippen molar-refractivity contribution < 1.29 is 26.1 Å². The molecule has 0 bridgehead atoms. The minimum absolute atomic E-state index is 0. The van der Waals surface area contributed by atoms with Gasteiger partial charge in [-0.1, -0.05) is 0 Å².